The molecule has 0 spiro atoms. The minimum absolute atomic E-state index is 0.0871. The highest BCUT2D eigenvalue weighted by Crippen LogP contribution is 2.24. The van der Waals surface area contributed by atoms with Crippen LogP contribution in [-0.4, -0.2) is 66.6 Å². The molecule has 0 saturated carbocycles. The summed E-state index contributed by atoms with van der Waals surface area (Å²) >= 11 is 0. The van der Waals surface area contributed by atoms with Crippen molar-refractivity contribution in [2.24, 2.45) is 16.6 Å². The van der Waals surface area contributed by atoms with E-state index in [-0.39, 0.29) is 5.54 Å². The zero-order valence-corrected chi connectivity index (χ0v) is 15.6. The zero-order valence-electron chi connectivity index (χ0n) is 15.6. The van der Waals surface area contributed by atoms with Crippen molar-refractivity contribution in [3.63, 3.8) is 0 Å². The van der Waals surface area contributed by atoms with E-state index in [1.807, 2.05) is 0 Å². The molecule has 0 aromatic carbocycles. The minimum atomic E-state index is 0.0871. The van der Waals surface area contributed by atoms with Gasteiger partial charge in [-0.15, -0.1) is 0 Å². The van der Waals surface area contributed by atoms with E-state index in [1.165, 1.54) is 45.3 Å². The van der Waals surface area contributed by atoms with Gasteiger partial charge in [-0.1, -0.05) is 13.8 Å². The van der Waals surface area contributed by atoms with Gasteiger partial charge in [0.25, 0.3) is 0 Å². The number of rotatable bonds is 6. The highest BCUT2D eigenvalue weighted by Gasteiger charge is 2.30. The molecular weight excluding hydrogens is 286 g/mol. The average molecular weight is 324 g/mol. The van der Waals surface area contributed by atoms with Gasteiger partial charge in [-0.2, -0.15) is 0 Å². The van der Waals surface area contributed by atoms with Crippen molar-refractivity contribution in [2.45, 2.75) is 65.0 Å². The molecule has 2 rings (SSSR count). The van der Waals surface area contributed by atoms with Gasteiger partial charge in [0.15, 0.2) is 5.96 Å². The number of likely N-dealkylation sites (N-methyl/N-ethyl adjacent to an activating group) is 1. The number of aliphatic imine (C=N–C) groups is 1. The lowest BCUT2D eigenvalue weighted by atomic mass is 9.94. The summed E-state index contributed by atoms with van der Waals surface area (Å²) < 4.78 is 0. The molecule has 2 unspecified atom stereocenters. The van der Waals surface area contributed by atoms with Crippen LogP contribution in [0.5, 0.6) is 0 Å². The molecule has 2 heterocycles. The van der Waals surface area contributed by atoms with E-state index in [9.17, 15) is 0 Å². The SMILES string of the molecule is CCN1CCCC1CNC(N)=NCC(C)(C)N1CCCC(C)C1. The molecule has 2 saturated heterocycles. The molecule has 134 valence electrons. The van der Waals surface area contributed by atoms with Gasteiger partial charge in [0, 0.05) is 24.7 Å². The number of nitrogens with one attached hydrogen (secondary N) is 1. The number of likely N-dealkylation sites (tertiary alicyclic amines) is 2. The molecular formula is C18H37N5. The Morgan fingerprint density at radius 2 is 2.00 bits per heavy atom. The molecule has 2 aliphatic heterocycles. The van der Waals surface area contributed by atoms with Crippen molar-refractivity contribution in [1.29, 1.82) is 0 Å². The van der Waals surface area contributed by atoms with Crippen LogP contribution < -0.4 is 11.1 Å². The molecule has 0 radical (unpaired) electrons. The summed E-state index contributed by atoms with van der Waals surface area (Å²) in [5.74, 6) is 1.40. The Balaban J connectivity index is 1.78. The summed E-state index contributed by atoms with van der Waals surface area (Å²) in [5.41, 5.74) is 6.19. The summed E-state index contributed by atoms with van der Waals surface area (Å²) in [7, 11) is 0. The van der Waals surface area contributed by atoms with E-state index in [2.05, 4.69) is 47.8 Å². The predicted molar refractivity (Wildman–Crippen MR) is 98.8 cm³/mol. The van der Waals surface area contributed by atoms with Crippen molar-refractivity contribution in [2.75, 3.05) is 39.3 Å². The second-order valence-corrected chi connectivity index (χ2v) is 8.01. The fourth-order valence-electron chi connectivity index (χ4n) is 3.94. The first kappa shape index (κ1) is 18.5. The van der Waals surface area contributed by atoms with Gasteiger partial charge in [-0.25, -0.2) is 0 Å². The summed E-state index contributed by atoms with van der Waals surface area (Å²) in [6.45, 7) is 15.6. The Morgan fingerprint density at radius 3 is 2.70 bits per heavy atom. The van der Waals surface area contributed by atoms with Crippen molar-refractivity contribution < 1.29 is 0 Å². The van der Waals surface area contributed by atoms with E-state index in [0.717, 1.165) is 25.6 Å². The summed E-state index contributed by atoms with van der Waals surface area (Å²) in [6.07, 6.45) is 5.23. The third-order valence-corrected chi connectivity index (χ3v) is 5.57. The van der Waals surface area contributed by atoms with Crippen molar-refractivity contribution >= 4 is 5.96 Å². The molecule has 5 heteroatoms. The van der Waals surface area contributed by atoms with Crippen LogP contribution in [0.2, 0.25) is 0 Å². The smallest absolute Gasteiger partial charge is 0.188 e. The molecule has 0 aliphatic carbocycles. The van der Waals surface area contributed by atoms with E-state index < -0.39 is 0 Å². The number of piperidine rings is 1. The Bertz CT molecular complexity index is 393. The fraction of sp³-hybridized carbons (Fsp3) is 0.944. The van der Waals surface area contributed by atoms with Crippen LogP contribution >= 0.6 is 0 Å². The molecule has 23 heavy (non-hydrogen) atoms. The molecule has 2 fully saturated rings. The quantitative estimate of drug-likeness (QED) is 0.579. The van der Waals surface area contributed by atoms with Crippen molar-refractivity contribution in [1.82, 2.24) is 15.1 Å². The Labute approximate surface area is 142 Å². The molecule has 0 aromatic heterocycles. The molecule has 3 N–H and O–H groups in total. The maximum atomic E-state index is 6.10. The van der Waals surface area contributed by atoms with Crippen LogP contribution in [0.3, 0.4) is 0 Å². The number of hydrogen-bond acceptors (Lipinski definition) is 3. The Morgan fingerprint density at radius 1 is 1.26 bits per heavy atom. The van der Waals surface area contributed by atoms with Gasteiger partial charge in [0.1, 0.15) is 0 Å². The molecule has 0 aromatic rings. The number of hydrogen-bond donors (Lipinski definition) is 2. The predicted octanol–water partition coefficient (Wildman–Crippen LogP) is 1.89. The second kappa shape index (κ2) is 8.34. The van der Waals surface area contributed by atoms with Gasteiger partial charge >= 0.3 is 0 Å². The van der Waals surface area contributed by atoms with Gasteiger partial charge in [-0.3, -0.25) is 14.8 Å². The van der Waals surface area contributed by atoms with Crippen molar-refractivity contribution in [3.8, 4) is 0 Å². The third-order valence-electron chi connectivity index (χ3n) is 5.57. The number of nitrogens with two attached hydrogens (primary N) is 1. The maximum Gasteiger partial charge on any atom is 0.188 e. The average Bonchev–Trinajstić information content (AvgIpc) is 2.98. The molecule has 0 amide bonds. The van der Waals surface area contributed by atoms with Gasteiger partial charge < -0.3 is 11.1 Å². The Hall–Kier alpha value is -0.810. The molecule has 2 atom stereocenters. The molecule has 5 nitrogen and oxygen atoms in total. The molecule has 2 aliphatic rings. The van der Waals surface area contributed by atoms with E-state index in [0.29, 0.717) is 12.0 Å². The first-order chi connectivity index (χ1) is 10.9. The van der Waals surface area contributed by atoms with Gasteiger partial charge in [0.05, 0.1) is 6.54 Å². The van der Waals surface area contributed by atoms with Crippen molar-refractivity contribution in [3.05, 3.63) is 0 Å². The van der Waals surface area contributed by atoms with Crippen LogP contribution in [0.25, 0.3) is 0 Å². The fourth-order valence-corrected chi connectivity index (χ4v) is 3.94. The second-order valence-electron chi connectivity index (χ2n) is 8.01. The zero-order chi connectivity index (χ0) is 16.9. The standard InChI is InChI=1S/C18H37N5/c1-5-22-10-7-9-16(22)12-20-17(19)21-14-18(3,4)23-11-6-8-15(2)13-23/h15-16H,5-14H2,1-4H3,(H3,19,20,21). The number of guanidine groups is 1. The first-order valence-corrected chi connectivity index (χ1v) is 9.45. The highest BCUT2D eigenvalue weighted by molar-refractivity contribution is 5.77. The summed E-state index contributed by atoms with van der Waals surface area (Å²) in [6, 6.07) is 0.615. The first-order valence-electron chi connectivity index (χ1n) is 9.45. The minimum Gasteiger partial charge on any atom is -0.370 e. The largest absolute Gasteiger partial charge is 0.370 e. The monoisotopic (exact) mass is 323 g/mol. The summed E-state index contributed by atoms with van der Waals surface area (Å²) in [5, 5.41) is 3.34. The van der Waals surface area contributed by atoms with Crippen LogP contribution in [0.1, 0.15) is 53.4 Å². The van der Waals surface area contributed by atoms with Gasteiger partial charge in [0.2, 0.25) is 0 Å². The van der Waals surface area contributed by atoms with Crippen LogP contribution in [-0.2, 0) is 0 Å². The molecule has 0 bridgehead atoms. The highest BCUT2D eigenvalue weighted by atomic mass is 15.2. The topological polar surface area (TPSA) is 56.9 Å². The van der Waals surface area contributed by atoms with Crippen LogP contribution in [0.4, 0.5) is 0 Å². The maximum absolute atomic E-state index is 6.10. The lowest BCUT2D eigenvalue weighted by molar-refractivity contribution is 0.0775. The lowest BCUT2D eigenvalue weighted by Crippen LogP contribution is -2.51. The summed E-state index contributed by atoms with van der Waals surface area (Å²) in [4.78, 5) is 9.74. The third kappa shape index (κ3) is 5.35. The van der Waals surface area contributed by atoms with Crippen LogP contribution in [0, 0.1) is 5.92 Å². The van der Waals surface area contributed by atoms with E-state index >= 15 is 0 Å². The Kier molecular flexibility index (Phi) is 6.72. The van der Waals surface area contributed by atoms with E-state index in [4.69, 9.17) is 5.73 Å². The normalized spacial score (nSPS) is 28.3. The lowest BCUT2D eigenvalue weighted by Gasteiger charge is -2.42. The number of nitrogens with zero attached hydrogens (tertiary/aromatic N) is 3. The van der Waals surface area contributed by atoms with Gasteiger partial charge in [-0.05, 0) is 65.1 Å². The van der Waals surface area contributed by atoms with E-state index in [1.54, 1.807) is 0 Å². The van der Waals surface area contributed by atoms with Crippen LogP contribution in [0.15, 0.2) is 4.99 Å².